The van der Waals surface area contributed by atoms with E-state index in [4.69, 9.17) is 0 Å². The van der Waals surface area contributed by atoms with Gasteiger partial charge >= 0.3 is 0 Å². The third-order valence-electron chi connectivity index (χ3n) is 3.31. The van der Waals surface area contributed by atoms with Crippen molar-refractivity contribution in [3.63, 3.8) is 0 Å². The van der Waals surface area contributed by atoms with Crippen molar-refractivity contribution in [2.75, 3.05) is 11.9 Å². The Kier molecular flexibility index (Phi) is 2.39. The van der Waals surface area contributed by atoms with Crippen LogP contribution in [0.3, 0.4) is 0 Å². The van der Waals surface area contributed by atoms with Crippen LogP contribution in [0, 0.1) is 13.8 Å². The normalized spacial score (nSPS) is 14.2. The predicted molar refractivity (Wildman–Crippen MR) is 69.8 cm³/mol. The topological polar surface area (TPSA) is 29.9 Å². The van der Waals surface area contributed by atoms with E-state index in [0.29, 0.717) is 0 Å². The number of fused-ring (bicyclic) bond motifs is 1. The lowest BCUT2D eigenvalue weighted by Gasteiger charge is -2.21. The number of anilines is 1. The van der Waals surface area contributed by atoms with Gasteiger partial charge in [-0.1, -0.05) is 6.07 Å². The largest absolute Gasteiger partial charge is 0.385 e. The van der Waals surface area contributed by atoms with Crippen LogP contribution in [0.1, 0.15) is 23.4 Å². The van der Waals surface area contributed by atoms with Crippen LogP contribution in [0.25, 0.3) is 5.69 Å². The second-order valence-electron chi connectivity index (χ2n) is 4.67. The highest BCUT2D eigenvalue weighted by molar-refractivity contribution is 5.61. The molecule has 0 bridgehead atoms. The first kappa shape index (κ1) is 10.4. The van der Waals surface area contributed by atoms with E-state index in [1.165, 1.54) is 29.1 Å². The zero-order valence-electron chi connectivity index (χ0n) is 10.3. The molecular formula is C14H17N3. The van der Waals surface area contributed by atoms with Gasteiger partial charge in [-0.3, -0.25) is 0 Å². The molecule has 0 radical (unpaired) electrons. The molecule has 3 rings (SSSR count). The lowest BCUT2D eigenvalue weighted by atomic mass is 10.0. The van der Waals surface area contributed by atoms with Gasteiger partial charge in [0.1, 0.15) is 0 Å². The van der Waals surface area contributed by atoms with Gasteiger partial charge in [-0.15, -0.1) is 0 Å². The summed E-state index contributed by atoms with van der Waals surface area (Å²) in [7, 11) is 0. The molecule has 2 aromatic rings. The van der Waals surface area contributed by atoms with Crippen molar-refractivity contribution in [3.8, 4) is 5.69 Å². The molecule has 1 aliphatic heterocycles. The Labute approximate surface area is 101 Å². The van der Waals surface area contributed by atoms with Crippen LogP contribution >= 0.6 is 0 Å². The maximum absolute atomic E-state index is 4.58. The third kappa shape index (κ3) is 1.71. The quantitative estimate of drug-likeness (QED) is 0.812. The van der Waals surface area contributed by atoms with Crippen molar-refractivity contribution in [3.05, 3.63) is 41.2 Å². The minimum atomic E-state index is 1.07. The Hall–Kier alpha value is -1.77. The van der Waals surface area contributed by atoms with E-state index < -0.39 is 0 Å². The molecule has 1 aromatic carbocycles. The molecule has 1 aliphatic rings. The Morgan fingerprint density at radius 2 is 2.18 bits per heavy atom. The Morgan fingerprint density at radius 1 is 1.29 bits per heavy atom. The first-order valence-corrected chi connectivity index (χ1v) is 6.15. The van der Waals surface area contributed by atoms with E-state index in [-0.39, 0.29) is 0 Å². The zero-order chi connectivity index (χ0) is 11.8. The SMILES string of the molecule is Cc1cc(C)n(-c2cccc3c2CCCN3)n1. The number of aromatic nitrogens is 2. The number of hydrogen-bond donors (Lipinski definition) is 1. The number of nitrogens with zero attached hydrogens (tertiary/aromatic N) is 2. The highest BCUT2D eigenvalue weighted by Gasteiger charge is 2.15. The van der Waals surface area contributed by atoms with Gasteiger partial charge in [0.15, 0.2) is 0 Å². The van der Waals surface area contributed by atoms with Crippen molar-refractivity contribution in [1.82, 2.24) is 9.78 Å². The van der Waals surface area contributed by atoms with Crippen molar-refractivity contribution in [2.24, 2.45) is 0 Å². The minimum absolute atomic E-state index is 1.07. The molecule has 0 unspecified atom stereocenters. The second-order valence-corrected chi connectivity index (χ2v) is 4.67. The molecule has 0 amide bonds. The van der Waals surface area contributed by atoms with E-state index in [2.05, 4.69) is 46.3 Å². The first-order valence-electron chi connectivity index (χ1n) is 6.15. The summed E-state index contributed by atoms with van der Waals surface area (Å²) in [5.74, 6) is 0. The van der Waals surface area contributed by atoms with Gasteiger partial charge in [-0.25, -0.2) is 4.68 Å². The number of hydrogen-bond acceptors (Lipinski definition) is 2. The van der Waals surface area contributed by atoms with Gasteiger partial charge in [0.05, 0.1) is 11.4 Å². The van der Waals surface area contributed by atoms with E-state index in [0.717, 1.165) is 18.7 Å². The lowest BCUT2D eigenvalue weighted by molar-refractivity contribution is 0.781. The van der Waals surface area contributed by atoms with Gasteiger partial charge in [0.25, 0.3) is 0 Å². The molecule has 2 heterocycles. The Bertz CT molecular complexity index is 555. The molecule has 88 valence electrons. The average Bonchev–Trinajstić information content (AvgIpc) is 2.68. The minimum Gasteiger partial charge on any atom is -0.385 e. The highest BCUT2D eigenvalue weighted by atomic mass is 15.3. The first-order chi connectivity index (χ1) is 8.25. The van der Waals surface area contributed by atoms with Crippen LogP contribution in [0.5, 0.6) is 0 Å². The Balaban J connectivity index is 2.17. The number of benzene rings is 1. The van der Waals surface area contributed by atoms with Crippen LogP contribution in [0.4, 0.5) is 5.69 Å². The number of rotatable bonds is 1. The van der Waals surface area contributed by atoms with Gasteiger partial charge in [0.2, 0.25) is 0 Å². The molecule has 1 N–H and O–H groups in total. The average molecular weight is 227 g/mol. The second kappa shape index (κ2) is 3.91. The summed E-state index contributed by atoms with van der Waals surface area (Å²) in [5.41, 5.74) is 6.15. The molecule has 1 aromatic heterocycles. The van der Waals surface area contributed by atoms with Crippen LogP contribution in [-0.2, 0) is 6.42 Å². The molecule has 0 fully saturated rings. The lowest BCUT2D eigenvalue weighted by Crippen LogP contribution is -2.15. The van der Waals surface area contributed by atoms with Gasteiger partial charge in [-0.2, -0.15) is 5.10 Å². The molecule has 0 spiro atoms. The fourth-order valence-electron chi connectivity index (χ4n) is 2.56. The molecule has 3 heteroatoms. The van der Waals surface area contributed by atoms with Gasteiger partial charge in [-0.05, 0) is 44.9 Å². The van der Waals surface area contributed by atoms with Crippen LogP contribution in [0.15, 0.2) is 24.3 Å². The monoisotopic (exact) mass is 227 g/mol. The molecule has 3 nitrogen and oxygen atoms in total. The van der Waals surface area contributed by atoms with Crippen molar-refractivity contribution >= 4 is 5.69 Å². The van der Waals surface area contributed by atoms with Gasteiger partial charge in [0, 0.05) is 23.5 Å². The van der Waals surface area contributed by atoms with Crippen LogP contribution in [-0.4, -0.2) is 16.3 Å². The van der Waals surface area contributed by atoms with Crippen molar-refractivity contribution < 1.29 is 0 Å². The summed E-state index contributed by atoms with van der Waals surface area (Å²) >= 11 is 0. The van der Waals surface area contributed by atoms with Crippen LogP contribution < -0.4 is 5.32 Å². The standard InChI is InChI=1S/C14H17N3/c1-10-9-11(2)17(16-10)14-7-3-6-13-12(14)5-4-8-15-13/h3,6-7,9,15H,4-5,8H2,1-2H3. The maximum atomic E-state index is 4.58. The summed E-state index contributed by atoms with van der Waals surface area (Å²) in [6.07, 6.45) is 2.33. The smallest absolute Gasteiger partial charge is 0.0701 e. The number of nitrogens with one attached hydrogen (secondary N) is 1. The van der Waals surface area contributed by atoms with Crippen molar-refractivity contribution in [2.45, 2.75) is 26.7 Å². The fourth-order valence-corrected chi connectivity index (χ4v) is 2.56. The summed E-state index contributed by atoms with van der Waals surface area (Å²) < 4.78 is 2.06. The Morgan fingerprint density at radius 3 is 2.94 bits per heavy atom. The highest BCUT2D eigenvalue weighted by Crippen LogP contribution is 2.28. The zero-order valence-corrected chi connectivity index (χ0v) is 10.3. The molecule has 0 saturated heterocycles. The molecule has 0 saturated carbocycles. The molecular weight excluding hydrogens is 210 g/mol. The van der Waals surface area contributed by atoms with E-state index in [1.54, 1.807) is 0 Å². The summed E-state index contributed by atoms with van der Waals surface area (Å²) in [6.45, 7) is 5.22. The summed E-state index contributed by atoms with van der Waals surface area (Å²) in [4.78, 5) is 0. The summed E-state index contributed by atoms with van der Waals surface area (Å²) in [5, 5.41) is 8.04. The maximum Gasteiger partial charge on any atom is 0.0701 e. The van der Waals surface area contributed by atoms with E-state index >= 15 is 0 Å². The predicted octanol–water partition coefficient (Wildman–Crippen LogP) is 2.85. The molecule has 0 aliphatic carbocycles. The van der Waals surface area contributed by atoms with E-state index in [1.807, 2.05) is 6.92 Å². The fraction of sp³-hybridized carbons (Fsp3) is 0.357. The van der Waals surface area contributed by atoms with E-state index in [9.17, 15) is 0 Å². The summed E-state index contributed by atoms with van der Waals surface area (Å²) in [6, 6.07) is 8.54. The third-order valence-corrected chi connectivity index (χ3v) is 3.31. The van der Waals surface area contributed by atoms with Crippen molar-refractivity contribution in [1.29, 1.82) is 0 Å². The number of aryl methyl sites for hydroxylation is 2. The van der Waals surface area contributed by atoms with Gasteiger partial charge < -0.3 is 5.32 Å². The van der Waals surface area contributed by atoms with Crippen LogP contribution in [0.2, 0.25) is 0 Å². The molecule has 0 atom stereocenters. The molecule has 17 heavy (non-hydrogen) atoms.